The molecule has 0 aromatic rings. The topological polar surface area (TPSA) is 106 Å². The van der Waals surface area contributed by atoms with Gasteiger partial charge in [0.15, 0.2) is 5.79 Å². The third kappa shape index (κ3) is 4.57. The fourth-order valence-corrected chi connectivity index (χ4v) is 3.16. The number of rotatable bonds is 8. The van der Waals surface area contributed by atoms with Crippen molar-refractivity contribution in [2.45, 2.75) is 70.2 Å². The van der Waals surface area contributed by atoms with Crippen LogP contribution in [0.2, 0.25) is 0 Å². The Hall–Kier alpha value is -1.34. The van der Waals surface area contributed by atoms with Crippen LogP contribution in [0.5, 0.6) is 0 Å². The van der Waals surface area contributed by atoms with Gasteiger partial charge in [-0.2, -0.15) is 0 Å². The number of azide groups is 1. The summed E-state index contributed by atoms with van der Waals surface area (Å²) in [5.41, 5.74) is 8.49. The maximum absolute atomic E-state index is 11.8. The Balaban J connectivity index is 1.95. The largest absolute Gasteiger partial charge is 0.469 e. The van der Waals surface area contributed by atoms with Crippen molar-refractivity contribution in [1.82, 2.24) is 0 Å². The smallest absolute Gasteiger partial charge is 0.308 e. The molecular formula is C15H25N3O5. The highest BCUT2D eigenvalue weighted by Crippen LogP contribution is 2.41. The van der Waals surface area contributed by atoms with Crippen molar-refractivity contribution in [3.63, 3.8) is 0 Å². The first-order valence-corrected chi connectivity index (χ1v) is 8.01. The van der Waals surface area contributed by atoms with E-state index in [-0.39, 0.29) is 42.8 Å². The van der Waals surface area contributed by atoms with E-state index in [0.29, 0.717) is 6.42 Å². The Labute approximate surface area is 136 Å². The van der Waals surface area contributed by atoms with Crippen LogP contribution in [0, 0.1) is 5.92 Å². The van der Waals surface area contributed by atoms with E-state index < -0.39 is 5.79 Å². The summed E-state index contributed by atoms with van der Waals surface area (Å²) in [5, 5.41) is 3.58. The van der Waals surface area contributed by atoms with E-state index >= 15 is 0 Å². The molecule has 8 heteroatoms. The van der Waals surface area contributed by atoms with Gasteiger partial charge in [0.25, 0.3) is 0 Å². The Morgan fingerprint density at radius 3 is 2.70 bits per heavy atom. The van der Waals surface area contributed by atoms with E-state index in [2.05, 4.69) is 10.0 Å². The molecule has 0 bridgehead atoms. The van der Waals surface area contributed by atoms with Gasteiger partial charge in [0.2, 0.25) is 0 Å². The molecule has 0 radical (unpaired) electrons. The van der Waals surface area contributed by atoms with Crippen molar-refractivity contribution in [1.29, 1.82) is 0 Å². The zero-order valence-corrected chi connectivity index (χ0v) is 14.1. The van der Waals surface area contributed by atoms with Crippen LogP contribution in [0.4, 0.5) is 0 Å². The van der Waals surface area contributed by atoms with Gasteiger partial charge in [0.1, 0.15) is 12.2 Å². The molecule has 23 heavy (non-hydrogen) atoms. The van der Waals surface area contributed by atoms with Gasteiger partial charge in [-0.1, -0.05) is 18.5 Å². The number of epoxide rings is 1. The third-order valence-corrected chi connectivity index (χ3v) is 4.18. The first-order valence-electron chi connectivity index (χ1n) is 8.01. The second-order valence-corrected chi connectivity index (χ2v) is 6.44. The van der Waals surface area contributed by atoms with Crippen LogP contribution in [-0.4, -0.2) is 49.8 Å². The number of hydrogen-bond donors (Lipinski definition) is 0. The van der Waals surface area contributed by atoms with E-state index in [9.17, 15) is 4.79 Å². The Kier molecular flexibility index (Phi) is 5.86. The van der Waals surface area contributed by atoms with Gasteiger partial charge >= 0.3 is 5.97 Å². The summed E-state index contributed by atoms with van der Waals surface area (Å²) in [6.07, 6.45) is 1.47. The lowest BCUT2D eigenvalue weighted by Crippen LogP contribution is -2.32. The number of nitrogens with zero attached hydrogens (tertiary/aromatic N) is 3. The molecular weight excluding hydrogens is 302 g/mol. The molecule has 0 aromatic heterocycles. The lowest BCUT2D eigenvalue weighted by molar-refractivity contribution is -0.147. The molecule has 130 valence electrons. The average Bonchev–Trinajstić information content (AvgIpc) is 3.19. The van der Waals surface area contributed by atoms with Gasteiger partial charge in [0, 0.05) is 4.91 Å². The average molecular weight is 327 g/mol. The maximum Gasteiger partial charge on any atom is 0.308 e. The number of esters is 1. The van der Waals surface area contributed by atoms with Crippen LogP contribution in [0.25, 0.3) is 10.4 Å². The van der Waals surface area contributed by atoms with Gasteiger partial charge < -0.3 is 18.9 Å². The first-order chi connectivity index (χ1) is 10.9. The monoisotopic (exact) mass is 327 g/mol. The van der Waals surface area contributed by atoms with Crippen LogP contribution in [-0.2, 0) is 23.7 Å². The van der Waals surface area contributed by atoms with E-state index in [1.54, 1.807) is 0 Å². The standard InChI is InChI=1S/C15H25N3O5/c1-5-6-9(14(19)20-4)7-10-12(21-10)13-11(8-17-18-16)22-15(2,3)23-13/h9-13H,5-8H2,1-4H3/t9-,10-,11-,12+,13-/m1/s1. The molecule has 0 saturated carbocycles. The van der Waals surface area contributed by atoms with Crippen LogP contribution in [0.15, 0.2) is 5.11 Å². The number of carbonyl (C=O) groups excluding carboxylic acids is 1. The van der Waals surface area contributed by atoms with Crippen molar-refractivity contribution in [3.05, 3.63) is 10.4 Å². The molecule has 5 atom stereocenters. The summed E-state index contributed by atoms with van der Waals surface area (Å²) in [5.74, 6) is -1.09. The zero-order valence-electron chi connectivity index (χ0n) is 14.1. The van der Waals surface area contributed by atoms with E-state index in [1.165, 1.54) is 7.11 Å². The predicted molar refractivity (Wildman–Crippen MR) is 81.5 cm³/mol. The number of carbonyl (C=O) groups is 1. The summed E-state index contributed by atoms with van der Waals surface area (Å²) >= 11 is 0. The minimum absolute atomic E-state index is 0.0540. The van der Waals surface area contributed by atoms with Crippen LogP contribution in [0.3, 0.4) is 0 Å². The Morgan fingerprint density at radius 1 is 1.35 bits per heavy atom. The fourth-order valence-electron chi connectivity index (χ4n) is 3.16. The normalized spacial score (nSPS) is 32.9. The molecule has 2 aliphatic rings. The molecule has 0 spiro atoms. The first kappa shape index (κ1) is 18.0. The van der Waals surface area contributed by atoms with Crippen molar-refractivity contribution < 1.29 is 23.7 Å². The quantitative estimate of drug-likeness (QED) is 0.224. The van der Waals surface area contributed by atoms with Crippen molar-refractivity contribution in [2.75, 3.05) is 13.7 Å². The van der Waals surface area contributed by atoms with Crippen molar-refractivity contribution >= 4 is 5.97 Å². The minimum atomic E-state index is -0.734. The van der Waals surface area contributed by atoms with E-state index in [4.69, 9.17) is 24.5 Å². The minimum Gasteiger partial charge on any atom is -0.469 e. The van der Waals surface area contributed by atoms with Gasteiger partial charge in [-0.05, 0) is 32.2 Å². The van der Waals surface area contributed by atoms with Crippen molar-refractivity contribution in [3.8, 4) is 0 Å². The molecule has 0 N–H and O–H groups in total. The van der Waals surface area contributed by atoms with Gasteiger partial charge in [-0.25, -0.2) is 0 Å². The SMILES string of the molecule is CCC[C@H](C[C@H]1O[C@@H]1[C@@H]1OC(C)(C)O[C@@H]1CN=[N+]=[N-])C(=O)OC. The molecule has 0 amide bonds. The number of hydrogen-bond acceptors (Lipinski definition) is 6. The van der Waals surface area contributed by atoms with Crippen LogP contribution in [0.1, 0.15) is 40.0 Å². The highest BCUT2D eigenvalue weighted by Gasteiger charge is 2.55. The molecule has 8 nitrogen and oxygen atoms in total. The lowest BCUT2D eigenvalue weighted by atomic mass is 9.95. The number of ether oxygens (including phenoxy) is 4. The molecule has 2 heterocycles. The molecule has 2 rings (SSSR count). The molecule has 0 unspecified atom stereocenters. The van der Waals surface area contributed by atoms with Crippen LogP contribution < -0.4 is 0 Å². The summed E-state index contributed by atoms with van der Waals surface area (Å²) in [6.45, 7) is 5.88. The van der Waals surface area contributed by atoms with E-state index in [0.717, 1.165) is 12.8 Å². The highest BCUT2D eigenvalue weighted by molar-refractivity contribution is 5.72. The maximum atomic E-state index is 11.8. The lowest BCUT2D eigenvalue weighted by Gasteiger charge is -2.16. The summed E-state index contributed by atoms with van der Waals surface area (Å²) in [7, 11) is 1.41. The van der Waals surface area contributed by atoms with Gasteiger partial charge in [0.05, 0.1) is 31.8 Å². The fraction of sp³-hybridized carbons (Fsp3) is 0.933. The summed E-state index contributed by atoms with van der Waals surface area (Å²) in [4.78, 5) is 14.6. The molecule has 2 fully saturated rings. The zero-order chi connectivity index (χ0) is 17.0. The van der Waals surface area contributed by atoms with Crippen molar-refractivity contribution in [2.24, 2.45) is 11.0 Å². The highest BCUT2D eigenvalue weighted by atomic mass is 16.8. The Morgan fingerprint density at radius 2 is 2.09 bits per heavy atom. The van der Waals surface area contributed by atoms with E-state index in [1.807, 2.05) is 20.8 Å². The summed E-state index contributed by atoms with van der Waals surface area (Å²) in [6, 6.07) is 0. The van der Waals surface area contributed by atoms with Gasteiger partial charge in [-0.15, -0.1) is 0 Å². The molecule has 0 aliphatic carbocycles. The van der Waals surface area contributed by atoms with Crippen LogP contribution >= 0.6 is 0 Å². The second-order valence-electron chi connectivity index (χ2n) is 6.44. The predicted octanol–water partition coefficient (Wildman–Crippen LogP) is 2.56. The Bertz CT molecular complexity index is 478. The summed E-state index contributed by atoms with van der Waals surface area (Å²) < 4.78 is 22.3. The number of methoxy groups -OCH3 is 1. The molecule has 2 saturated heterocycles. The molecule has 2 aliphatic heterocycles. The second kappa shape index (κ2) is 7.49. The molecule has 0 aromatic carbocycles. The third-order valence-electron chi connectivity index (χ3n) is 4.18. The van der Waals surface area contributed by atoms with Gasteiger partial charge in [-0.3, -0.25) is 4.79 Å².